The van der Waals surface area contributed by atoms with Crippen molar-refractivity contribution in [2.45, 2.75) is 5.22 Å². The van der Waals surface area contributed by atoms with Crippen molar-refractivity contribution < 1.29 is 23.4 Å². The molecule has 1 aliphatic rings. The second kappa shape index (κ2) is 10.5. The summed E-state index contributed by atoms with van der Waals surface area (Å²) in [4.78, 5) is 16.8. The van der Waals surface area contributed by atoms with Gasteiger partial charge in [-0.2, -0.15) is 0 Å². The van der Waals surface area contributed by atoms with Crippen LogP contribution in [-0.4, -0.2) is 74.3 Å². The zero-order chi connectivity index (χ0) is 23.2. The molecule has 0 unspecified atom stereocenters. The second-order valence-corrected chi connectivity index (χ2v) is 8.22. The molecule has 9 nitrogen and oxygen atoms in total. The Morgan fingerprint density at radius 2 is 1.64 bits per heavy atom. The van der Waals surface area contributed by atoms with Gasteiger partial charge in [0.1, 0.15) is 17.2 Å². The van der Waals surface area contributed by atoms with E-state index in [0.717, 1.165) is 24.5 Å². The lowest BCUT2D eigenvalue weighted by Crippen LogP contribution is -2.49. The molecule has 3 aromatic rings. The van der Waals surface area contributed by atoms with Gasteiger partial charge in [-0.15, -0.1) is 10.2 Å². The molecule has 33 heavy (non-hydrogen) atoms. The summed E-state index contributed by atoms with van der Waals surface area (Å²) in [7, 11) is 4.81. The van der Waals surface area contributed by atoms with Gasteiger partial charge in [0.15, 0.2) is 0 Å². The zero-order valence-electron chi connectivity index (χ0n) is 18.8. The van der Waals surface area contributed by atoms with E-state index in [-0.39, 0.29) is 11.7 Å². The standard InChI is InChI=1S/C23H26N4O5S/c1-29-17-6-4-16(5-7-17)26-10-12-27(13-11-26)21(28)15-33-23-25-24-22(32-23)19-9-8-18(30-2)14-20(19)31-3/h4-9,14H,10-13,15H2,1-3H3. The smallest absolute Gasteiger partial charge is 0.277 e. The number of carbonyl (C=O) groups excluding carboxylic acids is 1. The third kappa shape index (κ3) is 5.33. The topological polar surface area (TPSA) is 90.2 Å². The van der Waals surface area contributed by atoms with Crippen molar-refractivity contribution in [2.75, 3.05) is 58.2 Å². The lowest BCUT2D eigenvalue weighted by molar-refractivity contribution is -0.128. The molecule has 2 heterocycles. The van der Waals surface area contributed by atoms with Crippen molar-refractivity contribution in [2.24, 2.45) is 0 Å². The Balaban J connectivity index is 1.30. The Kier molecular flexibility index (Phi) is 7.23. The van der Waals surface area contributed by atoms with Crippen LogP contribution in [0.25, 0.3) is 11.5 Å². The van der Waals surface area contributed by atoms with Crippen molar-refractivity contribution in [3.05, 3.63) is 42.5 Å². The number of ether oxygens (including phenoxy) is 3. The van der Waals surface area contributed by atoms with Crippen molar-refractivity contribution in [3.63, 3.8) is 0 Å². The fraction of sp³-hybridized carbons (Fsp3) is 0.348. The van der Waals surface area contributed by atoms with E-state index >= 15 is 0 Å². The van der Waals surface area contributed by atoms with E-state index in [1.807, 2.05) is 29.2 Å². The number of nitrogens with zero attached hydrogens (tertiary/aromatic N) is 4. The first-order valence-corrected chi connectivity index (χ1v) is 11.5. The minimum absolute atomic E-state index is 0.0520. The molecule has 174 valence electrons. The summed E-state index contributed by atoms with van der Waals surface area (Å²) < 4.78 is 21.6. The number of hydrogen-bond acceptors (Lipinski definition) is 9. The number of aromatic nitrogens is 2. The van der Waals surface area contributed by atoms with E-state index in [4.69, 9.17) is 18.6 Å². The van der Waals surface area contributed by atoms with Gasteiger partial charge < -0.3 is 28.4 Å². The number of hydrogen-bond donors (Lipinski definition) is 0. The molecular weight excluding hydrogens is 444 g/mol. The summed E-state index contributed by atoms with van der Waals surface area (Å²) in [6.45, 7) is 2.91. The second-order valence-electron chi connectivity index (χ2n) is 7.29. The van der Waals surface area contributed by atoms with E-state index in [1.54, 1.807) is 39.5 Å². The molecule has 1 fully saturated rings. The third-order valence-electron chi connectivity index (χ3n) is 5.43. The minimum atomic E-state index is 0.0520. The highest BCUT2D eigenvalue weighted by Crippen LogP contribution is 2.33. The predicted octanol–water partition coefficient (Wildman–Crippen LogP) is 3.20. The monoisotopic (exact) mass is 470 g/mol. The van der Waals surface area contributed by atoms with Gasteiger partial charge in [-0.25, -0.2) is 0 Å². The van der Waals surface area contributed by atoms with Crippen molar-refractivity contribution in [1.82, 2.24) is 15.1 Å². The van der Waals surface area contributed by atoms with Crippen LogP contribution in [0, 0.1) is 0 Å². The molecule has 1 aromatic heterocycles. The van der Waals surface area contributed by atoms with E-state index < -0.39 is 0 Å². The van der Waals surface area contributed by atoms with Crippen LogP contribution in [0.2, 0.25) is 0 Å². The minimum Gasteiger partial charge on any atom is -0.497 e. The van der Waals surface area contributed by atoms with E-state index in [0.29, 0.717) is 41.3 Å². The van der Waals surface area contributed by atoms with Crippen molar-refractivity contribution >= 4 is 23.4 Å². The Labute approximate surface area is 196 Å². The highest BCUT2D eigenvalue weighted by atomic mass is 32.2. The lowest BCUT2D eigenvalue weighted by atomic mass is 10.2. The highest BCUT2D eigenvalue weighted by molar-refractivity contribution is 7.99. The summed E-state index contributed by atoms with van der Waals surface area (Å²) in [5.41, 5.74) is 1.79. The van der Waals surface area contributed by atoms with Gasteiger partial charge in [-0.3, -0.25) is 4.79 Å². The van der Waals surface area contributed by atoms with Gasteiger partial charge in [-0.05, 0) is 36.4 Å². The van der Waals surface area contributed by atoms with Gasteiger partial charge >= 0.3 is 0 Å². The molecule has 1 saturated heterocycles. The molecule has 0 radical (unpaired) electrons. The Morgan fingerprint density at radius 1 is 0.939 bits per heavy atom. The highest BCUT2D eigenvalue weighted by Gasteiger charge is 2.22. The molecule has 4 rings (SSSR count). The lowest BCUT2D eigenvalue weighted by Gasteiger charge is -2.36. The average molecular weight is 471 g/mol. The molecule has 1 amide bonds. The number of carbonyl (C=O) groups is 1. The van der Waals surface area contributed by atoms with Gasteiger partial charge in [0.2, 0.25) is 5.91 Å². The van der Waals surface area contributed by atoms with E-state index in [1.165, 1.54) is 11.8 Å². The molecule has 0 saturated carbocycles. The zero-order valence-corrected chi connectivity index (χ0v) is 19.6. The summed E-state index contributed by atoms with van der Waals surface area (Å²) in [5, 5.41) is 8.50. The molecule has 0 N–H and O–H groups in total. The van der Waals surface area contributed by atoms with Crippen LogP contribution in [0.5, 0.6) is 17.2 Å². The van der Waals surface area contributed by atoms with Crippen LogP contribution in [0.3, 0.4) is 0 Å². The number of piperazine rings is 1. The van der Waals surface area contributed by atoms with Crippen molar-refractivity contribution in [3.8, 4) is 28.7 Å². The maximum absolute atomic E-state index is 12.7. The fourth-order valence-electron chi connectivity index (χ4n) is 3.57. The van der Waals surface area contributed by atoms with E-state index in [2.05, 4.69) is 15.1 Å². The maximum Gasteiger partial charge on any atom is 0.277 e. The number of thioether (sulfide) groups is 1. The molecule has 0 spiro atoms. The molecule has 2 aromatic carbocycles. The molecule has 0 aliphatic carbocycles. The fourth-order valence-corrected chi connectivity index (χ4v) is 4.24. The molecule has 0 bridgehead atoms. The van der Waals surface area contributed by atoms with Gasteiger partial charge in [-0.1, -0.05) is 11.8 Å². The predicted molar refractivity (Wildman–Crippen MR) is 125 cm³/mol. The maximum atomic E-state index is 12.7. The summed E-state index contributed by atoms with van der Waals surface area (Å²) in [6, 6.07) is 13.3. The number of amides is 1. The van der Waals surface area contributed by atoms with Crippen LogP contribution in [0.1, 0.15) is 0 Å². The van der Waals surface area contributed by atoms with Crippen molar-refractivity contribution in [1.29, 1.82) is 0 Å². The number of benzene rings is 2. The normalized spacial score (nSPS) is 13.7. The van der Waals surface area contributed by atoms with Gasteiger partial charge in [0.25, 0.3) is 11.1 Å². The van der Waals surface area contributed by atoms with E-state index in [9.17, 15) is 4.79 Å². The number of anilines is 1. The SMILES string of the molecule is COc1ccc(N2CCN(C(=O)CSc3nnc(-c4ccc(OC)cc4OC)o3)CC2)cc1. The Morgan fingerprint density at radius 3 is 2.30 bits per heavy atom. The molecular formula is C23H26N4O5S. The number of methoxy groups -OCH3 is 3. The quantitative estimate of drug-likeness (QED) is 0.460. The molecule has 0 atom stereocenters. The summed E-state index contributed by atoms with van der Waals surface area (Å²) in [6.07, 6.45) is 0. The Bertz CT molecular complexity index is 1080. The van der Waals surface area contributed by atoms with Crippen LogP contribution < -0.4 is 19.1 Å². The van der Waals surface area contributed by atoms with Crippen LogP contribution in [0.4, 0.5) is 5.69 Å². The van der Waals surface area contributed by atoms with Gasteiger partial charge in [0.05, 0.1) is 32.6 Å². The molecule has 1 aliphatic heterocycles. The number of rotatable bonds is 8. The largest absolute Gasteiger partial charge is 0.497 e. The first-order valence-electron chi connectivity index (χ1n) is 10.5. The Hall–Kier alpha value is -3.40. The average Bonchev–Trinajstić information content (AvgIpc) is 3.35. The first-order chi connectivity index (χ1) is 16.1. The third-order valence-corrected chi connectivity index (χ3v) is 6.24. The first kappa shape index (κ1) is 22.8. The summed E-state index contributed by atoms with van der Waals surface area (Å²) >= 11 is 1.24. The summed E-state index contributed by atoms with van der Waals surface area (Å²) in [5.74, 6) is 2.69. The molecule has 10 heteroatoms. The van der Waals surface area contributed by atoms with Crippen LogP contribution in [0.15, 0.2) is 52.1 Å². The van der Waals surface area contributed by atoms with Crippen LogP contribution >= 0.6 is 11.8 Å². The van der Waals surface area contributed by atoms with Crippen LogP contribution in [-0.2, 0) is 4.79 Å². The van der Waals surface area contributed by atoms with Gasteiger partial charge in [0, 0.05) is 37.9 Å².